The molecule has 4 nitrogen and oxygen atoms in total. The van der Waals surface area contributed by atoms with E-state index >= 15 is 0 Å². The van der Waals surface area contributed by atoms with E-state index in [9.17, 15) is 9.67 Å². The molecule has 1 aromatic carbocycles. The fourth-order valence-corrected chi connectivity index (χ4v) is 6.33. The van der Waals surface area contributed by atoms with E-state index < -0.39 is 13.2 Å². The topological polar surface area (TPSA) is 59.7 Å². The number of benzene rings is 1. The van der Waals surface area contributed by atoms with Crippen molar-refractivity contribution in [3.8, 4) is 0 Å². The third-order valence-electron chi connectivity index (χ3n) is 5.77. The van der Waals surface area contributed by atoms with Crippen LogP contribution in [0.25, 0.3) is 0 Å². The molecule has 1 aromatic heterocycles. The molecule has 0 unspecified atom stereocenters. The Balaban J connectivity index is 1.94. The van der Waals surface area contributed by atoms with Gasteiger partial charge in [0.2, 0.25) is 0 Å². The molecule has 7 heteroatoms. The molecule has 0 amide bonds. The SMILES string of the molecule is CC(C)[C@@H]1CC[C@@H](C)[C@@H](O[P@@](=O)(c2ccco2)[C@H](O)c2ccc(Cl)c(Cl)c2)C1. The third kappa shape index (κ3) is 4.52. The highest BCUT2D eigenvalue weighted by atomic mass is 35.5. The average molecular weight is 445 g/mol. The second kappa shape index (κ2) is 8.93. The number of hydrogen-bond acceptors (Lipinski definition) is 4. The van der Waals surface area contributed by atoms with E-state index in [1.807, 2.05) is 0 Å². The number of halogens is 2. The molecule has 1 aliphatic carbocycles. The fourth-order valence-electron chi connectivity index (χ4n) is 3.81. The molecular formula is C21H27Cl2O4P. The van der Waals surface area contributed by atoms with Gasteiger partial charge in [0.1, 0.15) is 0 Å². The van der Waals surface area contributed by atoms with Crippen molar-refractivity contribution in [2.24, 2.45) is 17.8 Å². The molecular weight excluding hydrogens is 418 g/mol. The van der Waals surface area contributed by atoms with Crippen LogP contribution in [0.4, 0.5) is 0 Å². The number of aliphatic hydroxyl groups excluding tert-OH is 1. The van der Waals surface area contributed by atoms with Crippen molar-refractivity contribution in [2.45, 2.75) is 52.0 Å². The Morgan fingerprint density at radius 1 is 1.21 bits per heavy atom. The summed E-state index contributed by atoms with van der Waals surface area (Å²) in [6.45, 7) is 6.52. The Morgan fingerprint density at radius 2 is 1.96 bits per heavy atom. The molecule has 28 heavy (non-hydrogen) atoms. The predicted molar refractivity (Wildman–Crippen MR) is 114 cm³/mol. The Bertz CT molecular complexity index is 837. The van der Waals surface area contributed by atoms with E-state index in [-0.39, 0.29) is 22.5 Å². The lowest BCUT2D eigenvalue weighted by molar-refractivity contribution is 0.0557. The van der Waals surface area contributed by atoms with E-state index in [2.05, 4.69) is 20.8 Å². The van der Waals surface area contributed by atoms with Crippen LogP contribution in [0, 0.1) is 17.8 Å². The van der Waals surface area contributed by atoms with Gasteiger partial charge in [-0.15, -0.1) is 0 Å². The van der Waals surface area contributed by atoms with Crippen molar-refractivity contribution in [1.82, 2.24) is 0 Å². The number of rotatable bonds is 6. The predicted octanol–water partition coefficient (Wildman–Crippen LogP) is 6.66. The van der Waals surface area contributed by atoms with Crippen molar-refractivity contribution in [2.75, 3.05) is 0 Å². The molecule has 1 saturated carbocycles. The lowest BCUT2D eigenvalue weighted by Crippen LogP contribution is -2.33. The molecule has 1 heterocycles. The van der Waals surface area contributed by atoms with Gasteiger partial charge in [0.25, 0.3) is 7.37 Å². The molecule has 0 saturated heterocycles. The quantitative estimate of drug-likeness (QED) is 0.506. The van der Waals surface area contributed by atoms with Crippen LogP contribution in [0.15, 0.2) is 41.0 Å². The maximum Gasteiger partial charge on any atom is 0.298 e. The van der Waals surface area contributed by atoms with Crippen LogP contribution in [0.1, 0.15) is 51.4 Å². The summed E-state index contributed by atoms with van der Waals surface area (Å²) in [5.74, 6) is -0.103. The van der Waals surface area contributed by atoms with Gasteiger partial charge in [0, 0.05) is 0 Å². The van der Waals surface area contributed by atoms with E-state index in [4.69, 9.17) is 32.1 Å². The number of aliphatic hydroxyl groups is 1. The Hall–Kier alpha value is -0.770. The van der Waals surface area contributed by atoms with Crippen LogP contribution in [0.2, 0.25) is 10.0 Å². The highest BCUT2D eigenvalue weighted by Crippen LogP contribution is 2.60. The average Bonchev–Trinajstić information content (AvgIpc) is 3.20. The van der Waals surface area contributed by atoms with Gasteiger partial charge < -0.3 is 14.0 Å². The van der Waals surface area contributed by atoms with Crippen LogP contribution >= 0.6 is 30.6 Å². The van der Waals surface area contributed by atoms with Crippen LogP contribution in [-0.4, -0.2) is 11.2 Å². The second-order valence-electron chi connectivity index (χ2n) is 8.03. The molecule has 1 N–H and O–H groups in total. The Morgan fingerprint density at radius 3 is 2.57 bits per heavy atom. The monoisotopic (exact) mass is 444 g/mol. The van der Waals surface area contributed by atoms with Gasteiger partial charge in [-0.2, -0.15) is 0 Å². The molecule has 2 aromatic rings. The molecule has 0 bridgehead atoms. The zero-order valence-corrected chi connectivity index (χ0v) is 18.8. The first-order valence-electron chi connectivity index (χ1n) is 9.67. The van der Waals surface area contributed by atoms with Crippen LogP contribution in [-0.2, 0) is 9.09 Å². The maximum absolute atomic E-state index is 14.0. The molecule has 0 aliphatic heterocycles. The van der Waals surface area contributed by atoms with Crippen LogP contribution < -0.4 is 5.50 Å². The van der Waals surface area contributed by atoms with Crippen LogP contribution in [0.5, 0.6) is 0 Å². The maximum atomic E-state index is 14.0. The summed E-state index contributed by atoms with van der Waals surface area (Å²) in [7, 11) is -3.75. The lowest BCUT2D eigenvalue weighted by Gasteiger charge is -2.38. The standard InChI is InChI=1S/C21H27Cl2O4P/c1-13(2)15-7-6-14(3)19(12-15)27-28(25,20-5-4-10-26-20)21(24)16-8-9-17(22)18(23)11-16/h4-5,8-11,13-15,19,21,24H,6-7,12H2,1-3H3/t14-,15-,19+,21+,28+/m1/s1. The first-order chi connectivity index (χ1) is 13.2. The van der Waals surface area contributed by atoms with Gasteiger partial charge in [-0.05, 0) is 66.8 Å². The third-order valence-corrected chi connectivity index (χ3v) is 8.91. The lowest BCUT2D eigenvalue weighted by atomic mass is 9.76. The molecule has 0 radical (unpaired) electrons. The molecule has 154 valence electrons. The summed E-state index contributed by atoms with van der Waals surface area (Å²) < 4.78 is 25.7. The highest BCUT2D eigenvalue weighted by Gasteiger charge is 2.44. The van der Waals surface area contributed by atoms with Gasteiger partial charge in [-0.3, -0.25) is 4.57 Å². The van der Waals surface area contributed by atoms with Crippen molar-refractivity contribution in [3.63, 3.8) is 0 Å². The van der Waals surface area contributed by atoms with Crippen molar-refractivity contribution < 1.29 is 18.6 Å². The smallest absolute Gasteiger partial charge is 0.298 e. The molecule has 1 aliphatic rings. The Kier molecular flexibility index (Phi) is 7.00. The minimum Gasteiger partial charge on any atom is -0.459 e. The molecule has 0 spiro atoms. The first kappa shape index (κ1) is 21.9. The number of furan rings is 1. The molecule has 1 fully saturated rings. The van der Waals surface area contributed by atoms with E-state index in [0.29, 0.717) is 22.4 Å². The minimum absolute atomic E-state index is 0.157. The normalized spacial score (nSPS) is 26.2. The summed E-state index contributed by atoms with van der Waals surface area (Å²) in [6.07, 6.45) is 4.19. The second-order valence-corrected chi connectivity index (χ2v) is 11.2. The van der Waals surface area contributed by atoms with Gasteiger partial charge in [0.05, 0.1) is 22.4 Å². The summed E-state index contributed by atoms with van der Waals surface area (Å²) in [6, 6.07) is 7.95. The first-order valence-corrected chi connectivity index (χ1v) is 12.1. The number of hydrogen-bond donors (Lipinski definition) is 1. The largest absolute Gasteiger partial charge is 0.459 e. The van der Waals surface area contributed by atoms with Gasteiger partial charge in [-0.25, -0.2) is 0 Å². The highest BCUT2D eigenvalue weighted by molar-refractivity contribution is 7.66. The van der Waals surface area contributed by atoms with Crippen molar-refractivity contribution in [1.29, 1.82) is 0 Å². The Labute approximate surface area is 176 Å². The zero-order valence-electron chi connectivity index (χ0n) is 16.3. The van der Waals surface area contributed by atoms with Crippen LogP contribution in [0.3, 0.4) is 0 Å². The summed E-state index contributed by atoms with van der Waals surface area (Å²) >= 11 is 12.1. The van der Waals surface area contributed by atoms with Gasteiger partial charge in [-0.1, -0.05) is 50.0 Å². The van der Waals surface area contributed by atoms with Crippen molar-refractivity contribution in [3.05, 3.63) is 52.2 Å². The van der Waals surface area contributed by atoms with Gasteiger partial charge in [0.15, 0.2) is 11.3 Å². The zero-order chi connectivity index (χ0) is 20.5. The van der Waals surface area contributed by atoms with E-state index in [1.54, 1.807) is 24.3 Å². The summed E-state index contributed by atoms with van der Waals surface area (Å²) in [4.78, 5) is 0. The van der Waals surface area contributed by atoms with E-state index in [1.165, 1.54) is 12.3 Å². The van der Waals surface area contributed by atoms with Gasteiger partial charge >= 0.3 is 0 Å². The summed E-state index contributed by atoms with van der Waals surface area (Å²) in [5.41, 5.74) is 0.544. The minimum atomic E-state index is -3.75. The van der Waals surface area contributed by atoms with E-state index in [0.717, 1.165) is 19.3 Å². The molecule has 5 atom stereocenters. The van der Waals surface area contributed by atoms with Crippen molar-refractivity contribution >= 4 is 36.1 Å². The summed E-state index contributed by atoms with van der Waals surface area (Å²) in [5, 5.41) is 11.7. The fraction of sp³-hybridized carbons (Fsp3) is 0.524. The molecule has 3 rings (SSSR count).